The van der Waals surface area contributed by atoms with Gasteiger partial charge in [0.2, 0.25) is 0 Å². The molecule has 0 spiro atoms. The molecule has 1 nitrogen and oxygen atoms in total. The van der Waals surface area contributed by atoms with Crippen LogP contribution in [0.25, 0.3) is 0 Å². The maximum absolute atomic E-state index is 13.0. The largest absolute Gasteiger partial charge is 0.378 e. The van der Waals surface area contributed by atoms with E-state index >= 15 is 0 Å². The van der Waals surface area contributed by atoms with Crippen molar-refractivity contribution >= 4 is 44.8 Å². The number of benzene rings is 2. The van der Waals surface area contributed by atoms with Gasteiger partial charge in [0.25, 0.3) is 0 Å². The molecule has 0 heterocycles. The first-order valence-electron chi connectivity index (χ1n) is 5.64. The van der Waals surface area contributed by atoms with Gasteiger partial charge >= 0.3 is 0 Å². The Morgan fingerprint density at radius 1 is 1.11 bits per heavy atom. The Morgan fingerprint density at radius 2 is 1.84 bits per heavy atom. The van der Waals surface area contributed by atoms with Gasteiger partial charge in [0, 0.05) is 21.2 Å². The molecule has 2 rings (SSSR count). The normalized spacial score (nSPS) is 12.3. The summed E-state index contributed by atoms with van der Waals surface area (Å²) in [6, 6.07) is 9.91. The summed E-state index contributed by atoms with van der Waals surface area (Å²) in [6.45, 7) is 1.96. The molecule has 0 fully saturated rings. The number of hydrogen-bond donors (Lipinski definition) is 1. The van der Waals surface area contributed by atoms with Crippen molar-refractivity contribution in [3.63, 3.8) is 0 Å². The molecule has 0 saturated carbocycles. The van der Waals surface area contributed by atoms with Gasteiger partial charge in [-0.05, 0) is 58.7 Å². The standard InChI is InChI=1S/C14H11BrCl2FN/c1-8(11-4-2-9(18)6-14(11)17)19-10-3-5-13(16)12(15)7-10/h2-8,19H,1H3. The summed E-state index contributed by atoms with van der Waals surface area (Å²) in [5, 5.41) is 4.35. The molecule has 5 heteroatoms. The zero-order chi connectivity index (χ0) is 14.0. The first-order valence-corrected chi connectivity index (χ1v) is 7.19. The molecule has 100 valence electrons. The van der Waals surface area contributed by atoms with Crippen molar-refractivity contribution in [3.8, 4) is 0 Å². The highest BCUT2D eigenvalue weighted by atomic mass is 79.9. The summed E-state index contributed by atoms with van der Waals surface area (Å²) >= 11 is 15.3. The summed E-state index contributed by atoms with van der Waals surface area (Å²) < 4.78 is 13.8. The van der Waals surface area contributed by atoms with Crippen LogP contribution in [-0.4, -0.2) is 0 Å². The predicted molar refractivity (Wildman–Crippen MR) is 82.6 cm³/mol. The highest BCUT2D eigenvalue weighted by Gasteiger charge is 2.11. The lowest BCUT2D eigenvalue weighted by molar-refractivity contribution is 0.626. The zero-order valence-corrected chi connectivity index (χ0v) is 13.2. The maximum atomic E-state index is 13.0. The average molecular weight is 363 g/mol. The van der Waals surface area contributed by atoms with Crippen molar-refractivity contribution in [1.82, 2.24) is 0 Å². The Bertz CT molecular complexity index is 604. The molecule has 1 unspecified atom stereocenters. The third-order valence-corrected chi connectivity index (χ3v) is 4.27. The van der Waals surface area contributed by atoms with Crippen molar-refractivity contribution in [2.24, 2.45) is 0 Å². The molecule has 0 aliphatic carbocycles. The molecule has 19 heavy (non-hydrogen) atoms. The van der Waals surface area contributed by atoms with E-state index in [1.807, 2.05) is 19.1 Å². The molecule has 0 aliphatic heterocycles. The highest BCUT2D eigenvalue weighted by molar-refractivity contribution is 9.10. The van der Waals surface area contributed by atoms with E-state index < -0.39 is 0 Å². The number of hydrogen-bond acceptors (Lipinski definition) is 1. The second kappa shape index (κ2) is 6.12. The van der Waals surface area contributed by atoms with Crippen molar-refractivity contribution in [2.45, 2.75) is 13.0 Å². The summed E-state index contributed by atoms with van der Waals surface area (Å²) in [5.74, 6) is -0.338. The average Bonchev–Trinajstić information content (AvgIpc) is 2.33. The lowest BCUT2D eigenvalue weighted by Crippen LogP contribution is -2.07. The van der Waals surface area contributed by atoms with E-state index in [2.05, 4.69) is 21.2 Å². The van der Waals surface area contributed by atoms with Gasteiger partial charge in [-0.3, -0.25) is 0 Å². The fourth-order valence-corrected chi connectivity index (χ4v) is 2.59. The fourth-order valence-electron chi connectivity index (χ4n) is 1.77. The molecule has 2 aromatic carbocycles. The van der Waals surface area contributed by atoms with Gasteiger partial charge in [-0.25, -0.2) is 4.39 Å². The minimum atomic E-state index is -0.338. The quantitative estimate of drug-likeness (QED) is 0.698. The van der Waals surface area contributed by atoms with Gasteiger partial charge in [-0.1, -0.05) is 29.3 Å². The Kier molecular flexibility index (Phi) is 4.71. The molecule has 0 radical (unpaired) electrons. The Balaban J connectivity index is 2.20. The van der Waals surface area contributed by atoms with Crippen LogP contribution in [0.15, 0.2) is 40.9 Å². The van der Waals surface area contributed by atoms with Crippen molar-refractivity contribution < 1.29 is 4.39 Å². The molecule has 0 amide bonds. The molecule has 0 aliphatic rings. The van der Waals surface area contributed by atoms with Crippen LogP contribution in [0.2, 0.25) is 10.0 Å². The number of halogens is 4. The van der Waals surface area contributed by atoms with Crippen LogP contribution in [-0.2, 0) is 0 Å². The van der Waals surface area contributed by atoms with Crippen molar-refractivity contribution in [1.29, 1.82) is 0 Å². The minimum absolute atomic E-state index is 0.0406. The van der Waals surface area contributed by atoms with Crippen molar-refractivity contribution in [2.75, 3.05) is 5.32 Å². The Labute approximate surface area is 129 Å². The maximum Gasteiger partial charge on any atom is 0.124 e. The molecule has 2 aromatic rings. The molecule has 0 saturated heterocycles. The first kappa shape index (κ1) is 14.6. The third kappa shape index (κ3) is 3.62. The Hall–Kier alpha value is -0.770. The minimum Gasteiger partial charge on any atom is -0.378 e. The van der Waals surface area contributed by atoms with E-state index in [1.165, 1.54) is 12.1 Å². The van der Waals surface area contributed by atoms with E-state index in [0.717, 1.165) is 15.7 Å². The van der Waals surface area contributed by atoms with Gasteiger partial charge in [-0.2, -0.15) is 0 Å². The molecule has 0 aromatic heterocycles. The van der Waals surface area contributed by atoms with E-state index in [0.29, 0.717) is 10.0 Å². The highest BCUT2D eigenvalue weighted by Crippen LogP contribution is 2.30. The number of rotatable bonds is 3. The lowest BCUT2D eigenvalue weighted by atomic mass is 10.1. The van der Waals surface area contributed by atoms with Crippen LogP contribution in [0.5, 0.6) is 0 Å². The number of nitrogens with one attached hydrogen (secondary N) is 1. The van der Waals surface area contributed by atoms with Gasteiger partial charge in [0.05, 0.1) is 5.02 Å². The smallest absolute Gasteiger partial charge is 0.124 e. The van der Waals surface area contributed by atoms with Gasteiger partial charge in [-0.15, -0.1) is 0 Å². The van der Waals surface area contributed by atoms with E-state index in [4.69, 9.17) is 23.2 Å². The van der Waals surface area contributed by atoms with Crippen LogP contribution >= 0.6 is 39.1 Å². The van der Waals surface area contributed by atoms with Crippen LogP contribution < -0.4 is 5.32 Å². The van der Waals surface area contributed by atoms with Crippen LogP contribution in [0.3, 0.4) is 0 Å². The molecule has 1 atom stereocenters. The van der Waals surface area contributed by atoms with Gasteiger partial charge < -0.3 is 5.32 Å². The Morgan fingerprint density at radius 3 is 2.47 bits per heavy atom. The second-order valence-corrected chi connectivity index (χ2v) is 5.83. The van der Waals surface area contributed by atoms with Gasteiger partial charge in [0.15, 0.2) is 0 Å². The zero-order valence-electron chi connectivity index (χ0n) is 10.1. The lowest BCUT2D eigenvalue weighted by Gasteiger charge is -2.17. The molecular formula is C14H11BrCl2FN. The number of anilines is 1. The SMILES string of the molecule is CC(Nc1ccc(Cl)c(Br)c1)c1ccc(F)cc1Cl. The molecular weight excluding hydrogens is 352 g/mol. The van der Waals surface area contributed by atoms with Crippen LogP contribution in [0.1, 0.15) is 18.5 Å². The van der Waals surface area contributed by atoms with E-state index in [9.17, 15) is 4.39 Å². The molecule has 1 N–H and O–H groups in total. The summed E-state index contributed by atoms with van der Waals surface area (Å²) in [5.41, 5.74) is 1.75. The summed E-state index contributed by atoms with van der Waals surface area (Å²) in [6.07, 6.45) is 0. The first-order chi connectivity index (χ1) is 8.97. The van der Waals surface area contributed by atoms with Crippen LogP contribution in [0.4, 0.5) is 10.1 Å². The van der Waals surface area contributed by atoms with Gasteiger partial charge in [0.1, 0.15) is 5.82 Å². The monoisotopic (exact) mass is 361 g/mol. The van der Waals surface area contributed by atoms with Crippen LogP contribution in [0, 0.1) is 5.82 Å². The molecule has 0 bridgehead atoms. The topological polar surface area (TPSA) is 12.0 Å². The van der Waals surface area contributed by atoms with E-state index in [-0.39, 0.29) is 11.9 Å². The summed E-state index contributed by atoms with van der Waals surface area (Å²) in [4.78, 5) is 0. The van der Waals surface area contributed by atoms with Crippen molar-refractivity contribution in [3.05, 3.63) is 62.3 Å². The second-order valence-electron chi connectivity index (χ2n) is 4.16. The fraction of sp³-hybridized carbons (Fsp3) is 0.143. The third-order valence-electron chi connectivity index (χ3n) is 2.73. The summed E-state index contributed by atoms with van der Waals surface area (Å²) in [7, 11) is 0. The predicted octanol–water partition coefficient (Wildman–Crippen LogP) is 6.07. The van der Waals surface area contributed by atoms with E-state index in [1.54, 1.807) is 12.1 Å².